The van der Waals surface area contributed by atoms with E-state index in [0.717, 1.165) is 0 Å². The SMILES string of the molecule is FC(F)c1ccccc1C12CC([B-](F)(F)F)(C1)C2.[K+]. The first-order chi connectivity index (χ1) is 8.30. The van der Waals surface area contributed by atoms with Crippen LogP contribution >= 0.6 is 0 Å². The van der Waals surface area contributed by atoms with E-state index in [1.807, 2.05) is 0 Å². The van der Waals surface area contributed by atoms with Crippen molar-refractivity contribution in [2.45, 2.75) is 36.4 Å². The zero-order valence-corrected chi connectivity index (χ0v) is 13.6. The van der Waals surface area contributed by atoms with Gasteiger partial charge in [0, 0.05) is 5.56 Å². The Balaban J connectivity index is 0.00000133. The zero-order chi connectivity index (χ0) is 13.2. The van der Waals surface area contributed by atoms with Gasteiger partial charge in [0.05, 0.1) is 0 Å². The first-order valence-corrected chi connectivity index (χ1v) is 5.87. The average Bonchev–Trinajstić information content (AvgIpc) is 2.11. The first-order valence-electron chi connectivity index (χ1n) is 5.87. The van der Waals surface area contributed by atoms with E-state index in [9.17, 15) is 21.7 Å². The number of rotatable bonds is 3. The Hall–Kier alpha value is 0.571. The molecule has 7 heteroatoms. The first kappa shape index (κ1) is 16.0. The monoisotopic (exact) mass is 300 g/mol. The van der Waals surface area contributed by atoms with Crippen molar-refractivity contribution < 1.29 is 73.1 Å². The third kappa shape index (κ3) is 2.16. The second-order valence-corrected chi connectivity index (χ2v) is 5.64. The van der Waals surface area contributed by atoms with Crippen LogP contribution < -0.4 is 51.4 Å². The summed E-state index contributed by atoms with van der Waals surface area (Å²) in [6.45, 7) is -4.85. The van der Waals surface area contributed by atoms with Gasteiger partial charge < -0.3 is 12.9 Å². The molecule has 0 unspecified atom stereocenters. The van der Waals surface area contributed by atoms with Gasteiger partial charge in [-0.25, -0.2) is 8.78 Å². The summed E-state index contributed by atoms with van der Waals surface area (Å²) in [4.78, 5) is 0. The average molecular weight is 300 g/mol. The van der Waals surface area contributed by atoms with Gasteiger partial charge in [-0.1, -0.05) is 48.8 Å². The molecule has 0 N–H and O–H groups in total. The molecule has 98 valence electrons. The van der Waals surface area contributed by atoms with E-state index < -0.39 is 24.1 Å². The molecule has 3 saturated carbocycles. The molecule has 0 saturated heterocycles. The van der Waals surface area contributed by atoms with Gasteiger partial charge in [0.1, 0.15) is 0 Å². The van der Waals surface area contributed by atoms with E-state index in [2.05, 4.69) is 0 Å². The van der Waals surface area contributed by atoms with Crippen LogP contribution in [0.4, 0.5) is 21.7 Å². The molecule has 0 radical (unpaired) electrons. The van der Waals surface area contributed by atoms with Gasteiger partial charge in [0.25, 0.3) is 6.43 Å². The predicted molar refractivity (Wildman–Crippen MR) is 58.7 cm³/mol. The van der Waals surface area contributed by atoms with Crippen molar-refractivity contribution in [2.75, 3.05) is 0 Å². The molecule has 0 amide bonds. The smallest absolute Gasteiger partial charge is 0.449 e. The van der Waals surface area contributed by atoms with E-state index in [4.69, 9.17) is 0 Å². The van der Waals surface area contributed by atoms with Crippen LogP contribution in [0.3, 0.4) is 0 Å². The number of halogens is 5. The van der Waals surface area contributed by atoms with Gasteiger partial charge in [-0.2, -0.15) is 0 Å². The summed E-state index contributed by atoms with van der Waals surface area (Å²) in [5.41, 5.74) is -0.327. The van der Waals surface area contributed by atoms with Gasteiger partial charge in [-0.05, 0) is 11.0 Å². The Morgan fingerprint density at radius 1 is 1.00 bits per heavy atom. The molecule has 3 fully saturated rings. The minimum absolute atomic E-state index is 0. The molecule has 1 aromatic carbocycles. The fraction of sp³-hybridized carbons (Fsp3) is 0.500. The van der Waals surface area contributed by atoms with Gasteiger partial charge in [0.15, 0.2) is 0 Å². The third-order valence-electron chi connectivity index (χ3n) is 4.53. The summed E-state index contributed by atoms with van der Waals surface area (Å²) in [5, 5.41) is -1.53. The molecule has 19 heavy (non-hydrogen) atoms. The van der Waals surface area contributed by atoms with Crippen LogP contribution in [-0.4, -0.2) is 6.98 Å². The van der Waals surface area contributed by atoms with Crippen molar-refractivity contribution in [2.24, 2.45) is 0 Å². The van der Waals surface area contributed by atoms with Crippen LogP contribution in [0.5, 0.6) is 0 Å². The van der Waals surface area contributed by atoms with Crippen molar-refractivity contribution in [1.29, 1.82) is 0 Å². The Labute approximate surface area is 150 Å². The maximum atomic E-state index is 12.8. The van der Waals surface area contributed by atoms with E-state index in [-0.39, 0.29) is 76.2 Å². The molecular formula is C12H11BF5K. The summed E-state index contributed by atoms with van der Waals surface area (Å²) >= 11 is 0. The molecule has 0 spiro atoms. The summed E-state index contributed by atoms with van der Waals surface area (Å²) in [6, 6.07) is 5.98. The maximum absolute atomic E-state index is 12.8. The fourth-order valence-corrected chi connectivity index (χ4v) is 3.67. The quantitative estimate of drug-likeness (QED) is 0.588. The van der Waals surface area contributed by atoms with Crippen LogP contribution in [0.15, 0.2) is 24.3 Å². The normalized spacial score (nSPS) is 32.3. The summed E-state index contributed by atoms with van der Waals surface area (Å²) in [5.74, 6) is 0. The summed E-state index contributed by atoms with van der Waals surface area (Å²) < 4.78 is 64.0. The number of hydrogen-bond acceptors (Lipinski definition) is 0. The maximum Gasteiger partial charge on any atom is 1.00 e. The van der Waals surface area contributed by atoms with Crippen molar-refractivity contribution in [3.8, 4) is 0 Å². The number of hydrogen-bond donors (Lipinski definition) is 0. The molecule has 3 aliphatic rings. The van der Waals surface area contributed by atoms with Crippen LogP contribution in [0.2, 0.25) is 5.31 Å². The van der Waals surface area contributed by atoms with Gasteiger partial charge in [-0.15, -0.1) is 0 Å². The van der Waals surface area contributed by atoms with Crippen molar-refractivity contribution >= 4 is 6.98 Å². The van der Waals surface area contributed by atoms with Crippen LogP contribution in [0.1, 0.15) is 36.8 Å². The zero-order valence-electron chi connectivity index (χ0n) is 10.5. The molecular weight excluding hydrogens is 289 g/mol. The van der Waals surface area contributed by atoms with Crippen molar-refractivity contribution in [1.82, 2.24) is 0 Å². The standard InChI is InChI=1S/C12H11BF5.K/c14-10(15)8-3-1-2-4-9(8)11-5-12(6-11,7-11)13(16,17)18;/h1-4,10H,5-7H2;/q-1;+1. The van der Waals surface area contributed by atoms with Crippen LogP contribution in [0.25, 0.3) is 0 Å². The molecule has 0 aliphatic heterocycles. The topological polar surface area (TPSA) is 0 Å². The second-order valence-electron chi connectivity index (χ2n) is 5.64. The van der Waals surface area contributed by atoms with Gasteiger partial charge in [-0.3, -0.25) is 0 Å². The Morgan fingerprint density at radius 3 is 2.00 bits per heavy atom. The summed E-state index contributed by atoms with van der Waals surface area (Å²) in [6.07, 6.45) is -2.64. The summed E-state index contributed by atoms with van der Waals surface area (Å²) in [7, 11) is 0. The van der Waals surface area contributed by atoms with E-state index in [0.29, 0.717) is 5.56 Å². The predicted octanol–water partition coefficient (Wildman–Crippen LogP) is 1.65. The van der Waals surface area contributed by atoms with Crippen molar-refractivity contribution in [3.05, 3.63) is 35.4 Å². The molecule has 4 rings (SSSR count). The van der Waals surface area contributed by atoms with Gasteiger partial charge >= 0.3 is 58.4 Å². The largest absolute Gasteiger partial charge is 1.00 e. The van der Waals surface area contributed by atoms with Gasteiger partial charge in [0.2, 0.25) is 0 Å². The second kappa shape index (κ2) is 4.80. The minimum atomic E-state index is -4.85. The molecule has 0 aromatic heterocycles. The molecule has 3 aliphatic carbocycles. The van der Waals surface area contributed by atoms with Crippen LogP contribution in [0, 0.1) is 0 Å². The molecule has 2 bridgehead atoms. The Kier molecular flexibility index (Phi) is 4.03. The molecule has 0 nitrogen and oxygen atoms in total. The Bertz CT molecular complexity index is 479. The van der Waals surface area contributed by atoms with Crippen LogP contribution in [-0.2, 0) is 5.41 Å². The van der Waals surface area contributed by atoms with Crippen molar-refractivity contribution in [3.63, 3.8) is 0 Å². The minimum Gasteiger partial charge on any atom is -0.449 e. The van der Waals surface area contributed by atoms with E-state index in [1.54, 1.807) is 12.1 Å². The third-order valence-corrected chi connectivity index (χ3v) is 4.53. The molecule has 0 atom stereocenters. The molecule has 1 aromatic rings. The Morgan fingerprint density at radius 2 is 1.53 bits per heavy atom. The fourth-order valence-electron chi connectivity index (χ4n) is 3.67. The molecule has 0 heterocycles. The van der Waals surface area contributed by atoms with E-state index in [1.165, 1.54) is 12.1 Å². The number of benzene rings is 1. The van der Waals surface area contributed by atoms with E-state index >= 15 is 0 Å². The number of alkyl halides is 2.